The highest BCUT2D eigenvalue weighted by Crippen LogP contribution is 2.19. The van der Waals surface area contributed by atoms with E-state index in [4.69, 9.17) is 10.5 Å². The third kappa shape index (κ3) is 3.93. The summed E-state index contributed by atoms with van der Waals surface area (Å²) in [5.41, 5.74) is 6.73. The minimum absolute atomic E-state index is 0.275. The van der Waals surface area contributed by atoms with E-state index in [1.54, 1.807) is 0 Å². The highest BCUT2D eigenvalue weighted by molar-refractivity contribution is 5.32. The van der Waals surface area contributed by atoms with Crippen molar-refractivity contribution in [2.45, 2.75) is 31.8 Å². The molecule has 1 unspecified atom stereocenters. The molecule has 1 saturated heterocycles. The van der Waals surface area contributed by atoms with Crippen LogP contribution in [0.1, 0.15) is 24.8 Å². The standard InChI is InChI=1S/C15H24N2O2/c16-11-13-5-1-2-7-15(13)19-10-4-9-17-8-3-6-14(17)12-18/h1-2,5,7,14,18H,3-4,6,8-12,16H2. The van der Waals surface area contributed by atoms with Gasteiger partial charge in [-0.1, -0.05) is 18.2 Å². The van der Waals surface area contributed by atoms with Crippen molar-refractivity contribution in [1.82, 2.24) is 4.90 Å². The Morgan fingerprint density at radius 1 is 1.37 bits per heavy atom. The summed E-state index contributed by atoms with van der Waals surface area (Å²) in [6, 6.07) is 8.27. The minimum Gasteiger partial charge on any atom is -0.493 e. The molecule has 1 aromatic carbocycles. The number of benzene rings is 1. The van der Waals surface area contributed by atoms with Gasteiger partial charge < -0.3 is 15.6 Å². The molecule has 1 aliphatic heterocycles. The summed E-state index contributed by atoms with van der Waals surface area (Å²) in [6.45, 7) is 3.58. The Balaban J connectivity index is 1.72. The Bertz CT molecular complexity index is 384. The molecule has 3 N–H and O–H groups in total. The number of aliphatic hydroxyl groups is 1. The molecular weight excluding hydrogens is 240 g/mol. The van der Waals surface area contributed by atoms with Crippen molar-refractivity contribution in [3.8, 4) is 5.75 Å². The molecule has 106 valence electrons. The molecule has 1 heterocycles. The molecule has 0 aliphatic carbocycles. The van der Waals surface area contributed by atoms with Crippen LogP contribution in [0.2, 0.25) is 0 Å². The van der Waals surface area contributed by atoms with Crippen molar-refractivity contribution >= 4 is 0 Å². The first-order valence-electron chi connectivity index (χ1n) is 7.11. The third-order valence-corrected chi connectivity index (χ3v) is 3.75. The lowest BCUT2D eigenvalue weighted by Crippen LogP contribution is -2.33. The van der Waals surface area contributed by atoms with Crippen molar-refractivity contribution in [1.29, 1.82) is 0 Å². The lowest BCUT2D eigenvalue weighted by atomic mass is 10.2. The fourth-order valence-corrected chi connectivity index (χ4v) is 2.66. The van der Waals surface area contributed by atoms with Gasteiger partial charge in [0.25, 0.3) is 0 Å². The number of likely N-dealkylation sites (tertiary alicyclic amines) is 1. The maximum atomic E-state index is 9.25. The SMILES string of the molecule is NCc1ccccc1OCCCN1CCCC1CO. The van der Waals surface area contributed by atoms with Gasteiger partial charge in [0.2, 0.25) is 0 Å². The van der Waals surface area contributed by atoms with Crippen molar-refractivity contribution in [2.75, 3.05) is 26.3 Å². The van der Waals surface area contributed by atoms with E-state index in [9.17, 15) is 5.11 Å². The summed E-state index contributed by atoms with van der Waals surface area (Å²) in [7, 11) is 0. The lowest BCUT2D eigenvalue weighted by molar-refractivity contribution is 0.150. The Hall–Kier alpha value is -1.10. The van der Waals surface area contributed by atoms with Gasteiger partial charge in [0, 0.05) is 24.7 Å². The number of aliphatic hydroxyl groups excluding tert-OH is 1. The molecule has 2 rings (SSSR count). The summed E-state index contributed by atoms with van der Waals surface area (Å²) in [5, 5.41) is 9.25. The minimum atomic E-state index is 0.275. The second-order valence-corrected chi connectivity index (χ2v) is 5.03. The van der Waals surface area contributed by atoms with Gasteiger partial charge in [-0.2, -0.15) is 0 Å². The van der Waals surface area contributed by atoms with E-state index in [1.165, 1.54) is 6.42 Å². The fraction of sp³-hybridized carbons (Fsp3) is 0.600. The van der Waals surface area contributed by atoms with Crippen LogP contribution in [0.5, 0.6) is 5.75 Å². The average Bonchev–Trinajstić information content (AvgIpc) is 2.91. The van der Waals surface area contributed by atoms with E-state index in [0.29, 0.717) is 19.2 Å². The summed E-state index contributed by atoms with van der Waals surface area (Å²) in [6.07, 6.45) is 3.30. The summed E-state index contributed by atoms with van der Waals surface area (Å²) in [4.78, 5) is 2.36. The van der Waals surface area contributed by atoms with E-state index in [1.807, 2.05) is 24.3 Å². The van der Waals surface area contributed by atoms with Gasteiger partial charge in [-0.05, 0) is 31.9 Å². The van der Waals surface area contributed by atoms with Crippen LogP contribution in [-0.2, 0) is 6.54 Å². The van der Waals surface area contributed by atoms with Gasteiger partial charge >= 0.3 is 0 Å². The Kier molecular flexibility index (Phi) is 5.63. The second-order valence-electron chi connectivity index (χ2n) is 5.03. The number of ether oxygens (including phenoxy) is 1. The van der Waals surface area contributed by atoms with E-state index in [2.05, 4.69) is 4.90 Å². The molecule has 0 bridgehead atoms. The van der Waals surface area contributed by atoms with Gasteiger partial charge in [0.15, 0.2) is 0 Å². The van der Waals surface area contributed by atoms with Gasteiger partial charge in [-0.25, -0.2) is 0 Å². The van der Waals surface area contributed by atoms with Crippen LogP contribution in [0.4, 0.5) is 0 Å². The van der Waals surface area contributed by atoms with Gasteiger partial charge in [-0.15, -0.1) is 0 Å². The van der Waals surface area contributed by atoms with E-state index < -0.39 is 0 Å². The van der Waals surface area contributed by atoms with Crippen molar-refractivity contribution in [3.05, 3.63) is 29.8 Å². The largest absolute Gasteiger partial charge is 0.493 e. The van der Waals surface area contributed by atoms with E-state index in [-0.39, 0.29) is 6.61 Å². The summed E-state index contributed by atoms with van der Waals surface area (Å²) >= 11 is 0. The van der Waals surface area contributed by atoms with Gasteiger partial charge in [0.05, 0.1) is 13.2 Å². The van der Waals surface area contributed by atoms with Crippen LogP contribution < -0.4 is 10.5 Å². The zero-order valence-electron chi connectivity index (χ0n) is 11.4. The molecule has 4 heteroatoms. The first kappa shape index (κ1) is 14.3. The maximum absolute atomic E-state index is 9.25. The molecule has 4 nitrogen and oxygen atoms in total. The first-order chi connectivity index (χ1) is 9.35. The van der Waals surface area contributed by atoms with Crippen LogP contribution in [0.25, 0.3) is 0 Å². The molecule has 0 spiro atoms. The Morgan fingerprint density at radius 2 is 2.21 bits per heavy atom. The number of hydrogen-bond acceptors (Lipinski definition) is 4. The van der Waals surface area contributed by atoms with E-state index in [0.717, 1.165) is 37.2 Å². The lowest BCUT2D eigenvalue weighted by Gasteiger charge is -2.22. The number of rotatable bonds is 7. The number of para-hydroxylation sites is 1. The zero-order valence-corrected chi connectivity index (χ0v) is 11.4. The fourth-order valence-electron chi connectivity index (χ4n) is 2.66. The molecule has 0 aromatic heterocycles. The molecule has 19 heavy (non-hydrogen) atoms. The van der Waals surface area contributed by atoms with Crippen LogP contribution in [0.3, 0.4) is 0 Å². The van der Waals surface area contributed by atoms with E-state index >= 15 is 0 Å². The topological polar surface area (TPSA) is 58.7 Å². The number of nitrogens with zero attached hydrogens (tertiary/aromatic N) is 1. The first-order valence-corrected chi connectivity index (χ1v) is 7.11. The molecule has 0 amide bonds. The van der Waals surface area contributed by atoms with Crippen LogP contribution in [-0.4, -0.2) is 42.4 Å². The second kappa shape index (κ2) is 7.48. The van der Waals surface area contributed by atoms with Crippen LogP contribution in [0.15, 0.2) is 24.3 Å². The zero-order chi connectivity index (χ0) is 13.5. The monoisotopic (exact) mass is 264 g/mol. The maximum Gasteiger partial charge on any atom is 0.123 e. The molecule has 0 saturated carbocycles. The molecule has 1 fully saturated rings. The highest BCUT2D eigenvalue weighted by atomic mass is 16.5. The molecule has 1 atom stereocenters. The van der Waals surface area contributed by atoms with Crippen LogP contribution >= 0.6 is 0 Å². The smallest absolute Gasteiger partial charge is 0.123 e. The number of hydrogen-bond donors (Lipinski definition) is 2. The van der Waals surface area contributed by atoms with Crippen molar-refractivity contribution in [3.63, 3.8) is 0 Å². The molecule has 1 aromatic rings. The Labute approximate surface area is 115 Å². The van der Waals surface area contributed by atoms with Gasteiger partial charge in [0.1, 0.15) is 5.75 Å². The Morgan fingerprint density at radius 3 is 3.00 bits per heavy atom. The quantitative estimate of drug-likeness (QED) is 0.730. The number of nitrogens with two attached hydrogens (primary N) is 1. The van der Waals surface area contributed by atoms with Gasteiger partial charge in [-0.3, -0.25) is 4.90 Å². The highest BCUT2D eigenvalue weighted by Gasteiger charge is 2.22. The predicted molar refractivity (Wildman–Crippen MR) is 76.1 cm³/mol. The summed E-state index contributed by atoms with van der Waals surface area (Å²) in [5.74, 6) is 0.894. The average molecular weight is 264 g/mol. The molecule has 1 aliphatic rings. The molecular formula is C15H24N2O2. The molecule has 0 radical (unpaired) electrons. The normalized spacial score (nSPS) is 19.8. The van der Waals surface area contributed by atoms with Crippen molar-refractivity contribution < 1.29 is 9.84 Å². The van der Waals surface area contributed by atoms with Crippen LogP contribution in [0, 0.1) is 0 Å². The predicted octanol–water partition coefficient (Wildman–Crippen LogP) is 1.37. The van der Waals surface area contributed by atoms with Crippen molar-refractivity contribution in [2.24, 2.45) is 5.73 Å². The third-order valence-electron chi connectivity index (χ3n) is 3.75. The summed E-state index contributed by atoms with van der Waals surface area (Å²) < 4.78 is 5.79.